The van der Waals surface area contributed by atoms with Crippen LogP contribution in [-0.4, -0.2) is 55.1 Å². The fraction of sp³-hybridized carbons (Fsp3) is 0.909. The molecule has 2 atom stereocenters. The van der Waals surface area contributed by atoms with Crippen LogP contribution in [0.2, 0.25) is 0 Å². The minimum atomic E-state index is -0.398. The number of nitrogens with zero attached hydrogens (tertiary/aromatic N) is 2. The van der Waals surface area contributed by atoms with E-state index < -0.39 is 6.04 Å². The molecule has 1 rings (SSSR count). The first-order valence-electron chi connectivity index (χ1n) is 6.04. The molecule has 5 nitrogen and oxygen atoms in total. The second-order valence-electron chi connectivity index (χ2n) is 4.68. The maximum Gasteiger partial charge on any atom is 0.251 e. The van der Waals surface area contributed by atoms with Gasteiger partial charge < -0.3 is 10.6 Å². The number of carbonyl (C=O) groups excluding carboxylic acids is 1. The van der Waals surface area contributed by atoms with E-state index in [4.69, 9.17) is 5.73 Å². The van der Waals surface area contributed by atoms with Crippen molar-refractivity contribution in [1.29, 1.82) is 0 Å². The molecule has 0 radical (unpaired) electrons. The first-order chi connectivity index (χ1) is 7.54. The van der Waals surface area contributed by atoms with Crippen molar-refractivity contribution in [1.82, 2.24) is 15.3 Å². The summed E-state index contributed by atoms with van der Waals surface area (Å²) < 4.78 is 0. The third-order valence-corrected chi connectivity index (χ3v) is 3.33. The number of hydrogen-bond acceptors (Lipinski definition) is 4. The molecular weight excluding hydrogens is 204 g/mol. The lowest BCUT2D eigenvalue weighted by molar-refractivity contribution is -0.129. The van der Waals surface area contributed by atoms with Crippen LogP contribution >= 0.6 is 0 Å². The van der Waals surface area contributed by atoms with Crippen molar-refractivity contribution in [2.75, 3.05) is 33.2 Å². The van der Waals surface area contributed by atoms with Gasteiger partial charge in [0.2, 0.25) is 0 Å². The normalized spacial score (nSPS) is 22.8. The molecule has 94 valence electrons. The van der Waals surface area contributed by atoms with Crippen LogP contribution in [0.25, 0.3) is 0 Å². The van der Waals surface area contributed by atoms with Crippen LogP contribution in [0.1, 0.15) is 20.3 Å². The number of hydrogen-bond donors (Lipinski definition) is 2. The lowest BCUT2D eigenvalue weighted by atomic mass is 10.00. The minimum absolute atomic E-state index is 0.0566. The molecule has 3 N–H and O–H groups in total. The number of nitrogens with one attached hydrogen (secondary N) is 1. The van der Waals surface area contributed by atoms with Crippen LogP contribution in [0.4, 0.5) is 0 Å². The Bertz CT molecular complexity index is 226. The van der Waals surface area contributed by atoms with Crippen LogP contribution in [0.3, 0.4) is 0 Å². The van der Waals surface area contributed by atoms with Gasteiger partial charge in [0.05, 0.1) is 6.04 Å². The Morgan fingerprint density at radius 2 is 1.94 bits per heavy atom. The van der Waals surface area contributed by atoms with Crippen molar-refractivity contribution >= 4 is 5.91 Å². The molecule has 0 aromatic rings. The molecule has 0 aromatic carbocycles. The largest absolute Gasteiger partial charge is 0.320 e. The molecule has 0 spiro atoms. The SMILES string of the molecule is CCC(C)C(N)C(=O)NN1CCN(C)CC1. The van der Waals surface area contributed by atoms with E-state index >= 15 is 0 Å². The molecule has 0 aliphatic carbocycles. The highest BCUT2D eigenvalue weighted by Crippen LogP contribution is 2.05. The van der Waals surface area contributed by atoms with Crippen molar-refractivity contribution in [3.63, 3.8) is 0 Å². The topological polar surface area (TPSA) is 61.6 Å². The Hall–Kier alpha value is -0.650. The Morgan fingerprint density at radius 3 is 2.44 bits per heavy atom. The fourth-order valence-corrected chi connectivity index (χ4v) is 1.66. The molecule has 1 aliphatic rings. The molecule has 1 fully saturated rings. The third-order valence-electron chi connectivity index (χ3n) is 3.33. The van der Waals surface area contributed by atoms with E-state index in [9.17, 15) is 4.79 Å². The first kappa shape index (κ1) is 13.4. The van der Waals surface area contributed by atoms with Gasteiger partial charge in [0.25, 0.3) is 5.91 Å². The lowest BCUT2D eigenvalue weighted by Crippen LogP contribution is -2.56. The fourth-order valence-electron chi connectivity index (χ4n) is 1.66. The number of hydrazine groups is 1. The second-order valence-corrected chi connectivity index (χ2v) is 4.68. The number of rotatable bonds is 4. The van der Waals surface area contributed by atoms with E-state index in [1.165, 1.54) is 0 Å². The summed E-state index contributed by atoms with van der Waals surface area (Å²) in [4.78, 5) is 14.0. The highest BCUT2D eigenvalue weighted by atomic mass is 16.2. The van der Waals surface area contributed by atoms with Gasteiger partial charge in [-0.2, -0.15) is 0 Å². The van der Waals surface area contributed by atoms with E-state index in [1.807, 2.05) is 18.9 Å². The number of likely N-dealkylation sites (N-methyl/N-ethyl adjacent to an activating group) is 1. The molecule has 1 amide bonds. The molecule has 0 aromatic heterocycles. The van der Waals surface area contributed by atoms with Crippen LogP contribution < -0.4 is 11.2 Å². The van der Waals surface area contributed by atoms with Gasteiger partial charge in [0.1, 0.15) is 0 Å². The average molecular weight is 228 g/mol. The molecular formula is C11H24N4O. The lowest BCUT2D eigenvalue weighted by Gasteiger charge is -2.33. The number of nitrogens with two attached hydrogens (primary N) is 1. The summed E-state index contributed by atoms with van der Waals surface area (Å²) in [6, 6.07) is -0.398. The second kappa shape index (κ2) is 6.18. The van der Waals surface area contributed by atoms with Crippen molar-refractivity contribution in [2.45, 2.75) is 26.3 Å². The summed E-state index contributed by atoms with van der Waals surface area (Å²) in [6.45, 7) is 7.77. The standard InChI is InChI=1S/C11H24N4O/c1-4-9(2)10(12)11(16)13-15-7-5-14(3)6-8-15/h9-10H,4-8,12H2,1-3H3,(H,13,16). The van der Waals surface area contributed by atoms with Gasteiger partial charge in [-0.1, -0.05) is 20.3 Å². The van der Waals surface area contributed by atoms with E-state index in [-0.39, 0.29) is 11.8 Å². The maximum atomic E-state index is 11.8. The zero-order valence-electron chi connectivity index (χ0n) is 10.6. The zero-order valence-corrected chi connectivity index (χ0v) is 10.6. The van der Waals surface area contributed by atoms with Crippen molar-refractivity contribution in [3.05, 3.63) is 0 Å². The molecule has 5 heteroatoms. The van der Waals surface area contributed by atoms with Gasteiger partial charge >= 0.3 is 0 Å². The smallest absolute Gasteiger partial charge is 0.251 e. The summed E-state index contributed by atoms with van der Waals surface area (Å²) in [6.07, 6.45) is 0.928. The van der Waals surface area contributed by atoms with Gasteiger partial charge in [-0.25, -0.2) is 5.01 Å². The van der Waals surface area contributed by atoms with Crippen molar-refractivity contribution < 1.29 is 4.79 Å². The summed E-state index contributed by atoms with van der Waals surface area (Å²) in [5.74, 6) is 0.173. The van der Waals surface area contributed by atoms with Crippen molar-refractivity contribution in [3.8, 4) is 0 Å². The highest BCUT2D eigenvalue weighted by molar-refractivity contribution is 5.81. The molecule has 1 saturated heterocycles. The molecule has 0 saturated carbocycles. The number of amides is 1. The van der Waals surface area contributed by atoms with Crippen LogP contribution in [0.5, 0.6) is 0 Å². The van der Waals surface area contributed by atoms with Crippen LogP contribution in [-0.2, 0) is 4.79 Å². The van der Waals surface area contributed by atoms with E-state index in [0.29, 0.717) is 0 Å². The number of piperazine rings is 1. The van der Waals surface area contributed by atoms with Gasteiger partial charge in [0, 0.05) is 26.2 Å². The molecule has 0 bridgehead atoms. The Kier molecular flexibility index (Phi) is 5.18. The van der Waals surface area contributed by atoms with Crippen LogP contribution in [0, 0.1) is 5.92 Å². The first-order valence-corrected chi connectivity index (χ1v) is 6.04. The Morgan fingerprint density at radius 1 is 1.38 bits per heavy atom. The summed E-state index contributed by atoms with van der Waals surface area (Å²) in [5.41, 5.74) is 8.76. The monoisotopic (exact) mass is 228 g/mol. The average Bonchev–Trinajstić information content (AvgIpc) is 2.30. The Labute approximate surface area is 97.9 Å². The molecule has 1 aliphatic heterocycles. The van der Waals surface area contributed by atoms with E-state index in [1.54, 1.807) is 0 Å². The molecule has 1 heterocycles. The zero-order chi connectivity index (χ0) is 12.1. The van der Waals surface area contributed by atoms with Gasteiger partial charge in [0.15, 0.2) is 0 Å². The highest BCUT2D eigenvalue weighted by Gasteiger charge is 2.22. The molecule has 16 heavy (non-hydrogen) atoms. The van der Waals surface area contributed by atoms with Gasteiger partial charge in [-0.3, -0.25) is 10.2 Å². The summed E-state index contributed by atoms with van der Waals surface area (Å²) in [7, 11) is 2.09. The van der Waals surface area contributed by atoms with Gasteiger partial charge in [-0.15, -0.1) is 0 Å². The minimum Gasteiger partial charge on any atom is -0.320 e. The third kappa shape index (κ3) is 3.73. The predicted molar refractivity (Wildman–Crippen MR) is 64.6 cm³/mol. The molecule has 2 unspecified atom stereocenters. The number of carbonyl (C=O) groups is 1. The summed E-state index contributed by atoms with van der Waals surface area (Å²) >= 11 is 0. The quantitative estimate of drug-likeness (QED) is 0.690. The maximum absolute atomic E-state index is 11.8. The van der Waals surface area contributed by atoms with Crippen molar-refractivity contribution in [2.24, 2.45) is 11.7 Å². The van der Waals surface area contributed by atoms with Crippen LogP contribution in [0.15, 0.2) is 0 Å². The van der Waals surface area contributed by atoms with E-state index in [2.05, 4.69) is 17.4 Å². The van der Waals surface area contributed by atoms with E-state index in [0.717, 1.165) is 32.6 Å². The Balaban J connectivity index is 2.33. The summed E-state index contributed by atoms with van der Waals surface area (Å²) in [5, 5.41) is 1.96. The van der Waals surface area contributed by atoms with Gasteiger partial charge in [-0.05, 0) is 13.0 Å². The predicted octanol–water partition coefficient (Wildman–Crippen LogP) is -0.362.